The first-order chi connectivity index (χ1) is 12.8. The molecular formula is C20H18FN5. The molecule has 4 aromatic rings. The van der Waals surface area contributed by atoms with E-state index in [1.54, 1.807) is 24.3 Å². The van der Waals surface area contributed by atoms with Gasteiger partial charge < -0.3 is 15.6 Å². The summed E-state index contributed by atoms with van der Waals surface area (Å²) in [5, 5.41) is 7.49. The lowest BCUT2D eigenvalue weighted by atomic mass is 10.1. The first kappa shape index (κ1) is 16.1. The summed E-state index contributed by atoms with van der Waals surface area (Å²) < 4.78 is 13.7. The van der Waals surface area contributed by atoms with Crippen molar-refractivity contribution in [2.45, 2.75) is 6.42 Å². The van der Waals surface area contributed by atoms with Crippen LogP contribution < -0.4 is 10.6 Å². The van der Waals surface area contributed by atoms with Crippen LogP contribution in [-0.2, 0) is 6.42 Å². The van der Waals surface area contributed by atoms with Gasteiger partial charge in [0.1, 0.15) is 23.8 Å². The largest absolute Gasteiger partial charge is 0.370 e. The number of para-hydroxylation sites is 2. The van der Waals surface area contributed by atoms with Gasteiger partial charge in [-0.3, -0.25) is 0 Å². The van der Waals surface area contributed by atoms with Crippen LogP contribution in [0, 0.1) is 5.82 Å². The molecule has 0 saturated carbocycles. The van der Waals surface area contributed by atoms with E-state index < -0.39 is 0 Å². The summed E-state index contributed by atoms with van der Waals surface area (Å²) in [6.07, 6.45) is 4.36. The third-order valence-corrected chi connectivity index (χ3v) is 4.18. The Morgan fingerprint density at radius 1 is 0.962 bits per heavy atom. The summed E-state index contributed by atoms with van der Waals surface area (Å²) in [6.45, 7) is 0.734. The van der Waals surface area contributed by atoms with Gasteiger partial charge in [0.05, 0.1) is 5.69 Å². The molecule has 0 fully saturated rings. The summed E-state index contributed by atoms with van der Waals surface area (Å²) in [5.74, 6) is 0.915. The van der Waals surface area contributed by atoms with Crippen molar-refractivity contribution >= 4 is 28.2 Å². The highest BCUT2D eigenvalue weighted by molar-refractivity contribution is 5.83. The lowest BCUT2D eigenvalue weighted by Gasteiger charge is -2.09. The second-order valence-electron chi connectivity index (χ2n) is 5.93. The van der Waals surface area contributed by atoms with Crippen molar-refractivity contribution < 1.29 is 4.39 Å². The number of aromatic amines is 1. The molecule has 0 radical (unpaired) electrons. The normalized spacial score (nSPS) is 10.8. The summed E-state index contributed by atoms with van der Waals surface area (Å²) in [5.41, 5.74) is 2.78. The Hall–Kier alpha value is -3.41. The predicted octanol–water partition coefficient (Wildman–Crippen LogP) is 4.50. The first-order valence-corrected chi connectivity index (χ1v) is 8.42. The van der Waals surface area contributed by atoms with E-state index in [0.29, 0.717) is 17.3 Å². The molecule has 0 atom stereocenters. The first-order valence-electron chi connectivity index (χ1n) is 8.42. The van der Waals surface area contributed by atoms with Gasteiger partial charge in [0.15, 0.2) is 0 Å². The monoisotopic (exact) mass is 347 g/mol. The van der Waals surface area contributed by atoms with Gasteiger partial charge in [-0.25, -0.2) is 14.4 Å². The number of fused-ring (bicyclic) bond motifs is 1. The number of benzene rings is 2. The number of halogens is 1. The molecule has 0 aliphatic carbocycles. The Morgan fingerprint density at radius 2 is 1.77 bits per heavy atom. The van der Waals surface area contributed by atoms with Gasteiger partial charge in [0, 0.05) is 29.7 Å². The number of nitrogens with zero attached hydrogens (tertiary/aromatic N) is 2. The molecule has 0 bridgehead atoms. The highest BCUT2D eigenvalue weighted by atomic mass is 19.1. The van der Waals surface area contributed by atoms with Crippen molar-refractivity contribution in [1.82, 2.24) is 15.0 Å². The molecule has 0 aliphatic rings. The van der Waals surface area contributed by atoms with Crippen LogP contribution in [-0.4, -0.2) is 21.5 Å². The van der Waals surface area contributed by atoms with Crippen molar-refractivity contribution in [1.29, 1.82) is 0 Å². The number of aromatic nitrogens is 3. The molecule has 6 heteroatoms. The molecule has 130 valence electrons. The number of nitrogens with one attached hydrogen (secondary N) is 3. The van der Waals surface area contributed by atoms with Crippen LogP contribution in [0.25, 0.3) is 10.9 Å². The van der Waals surface area contributed by atoms with Gasteiger partial charge >= 0.3 is 0 Å². The molecule has 2 heterocycles. The van der Waals surface area contributed by atoms with Crippen molar-refractivity contribution in [3.05, 3.63) is 78.5 Å². The van der Waals surface area contributed by atoms with Gasteiger partial charge in [-0.2, -0.15) is 0 Å². The molecule has 26 heavy (non-hydrogen) atoms. The van der Waals surface area contributed by atoms with E-state index in [2.05, 4.69) is 37.7 Å². The maximum absolute atomic E-state index is 13.7. The van der Waals surface area contributed by atoms with E-state index in [9.17, 15) is 4.39 Å². The minimum Gasteiger partial charge on any atom is -0.370 e. The van der Waals surface area contributed by atoms with Crippen LogP contribution in [0.1, 0.15) is 5.56 Å². The summed E-state index contributed by atoms with van der Waals surface area (Å²) >= 11 is 0. The average molecular weight is 347 g/mol. The third-order valence-electron chi connectivity index (χ3n) is 4.18. The van der Waals surface area contributed by atoms with Crippen LogP contribution in [0.15, 0.2) is 67.1 Å². The minimum absolute atomic E-state index is 0.319. The van der Waals surface area contributed by atoms with E-state index in [4.69, 9.17) is 0 Å². The second kappa shape index (κ2) is 7.23. The Kier molecular flexibility index (Phi) is 4.47. The highest BCUT2D eigenvalue weighted by Crippen LogP contribution is 2.20. The van der Waals surface area contributed by atoms with Gasteiger partial charge in [-0.15, -0.1) is 0 Å². The molecule has 0 aliphatic heterocycles. The smallest absolute Gasteiger partial charge is 0.146 e. The number of anilines is 3. The second-order valence-corrected chi connectivity index (χ2v) is 5.93. The fourth-order valence-electron chi connectivity index (χ4n) is 2.89. The number of hydrogen-bond donors (Lipinski definition) is 3. The van der Waals surface area contributed by atoms with E-state index in [1.807, 2.05) is 18.3 Å². The Morgan fingerprint density at radius 3 is 2.69 bits per heavy atom. The number of hydrogen-bond acceptors (Lipinski definition) is 4. The molecular weight excluding hydrogens is 329 g/mol. The maximum Gasteiger partial charge on any atom is 0.146 e. The average Bonchev–Trinajstić information content (AvgIpc) is 3.07. The number of H-pyrrole nitrogens is 1. The fraction of sp³-hybridized carbons (Fsp3) is 0.100. The topological polar surface area (TPSA) is 65.6 Å². The summed E-state index contributed by atoms with van der Waals surface area (Å²) in [6, 6.07) is 16.5. The molecule has 2 aromatic carbocycles. The van der Waals surface area contributed by atoms with Gasteiger partial charge in [0.25, 0.3) is 0 Å². The maximum atomic E-state index is 13.7. The van der Waals surface area contributed by atoms with Crippen molar-refractivity contribution in [2.75, 3.05) is 17.2 Å². The van der Waals surface area contributed by atoms with Crippen LogP contribution >= 0.6 is 0 Å². The molecule has 0 unspecified atom stereocenters. The highest BCUT2D eigenvalue weighted by Gasteiger charge is 2.05. The lowest BCUT2D eigenvalue weighted by molar-refractivity contribution is 0.632. The molecule has 2 aromatic heterocycles. The zero-order valence-electron chi connectivity index (χ0n) is 14.0. The predicted molar refractivity (Wildman–Crippen MR) is 102 cm³/mol. The van der Waals surface area contributed by atoms with E-state index in [1.165, 1.54) is 23.3 Å². The Bertz CT molecular complexity index is 1030. The van der Waals surface area contributed by atoms with Crippen LogP contribution in [0.5, 0.6) is 0 Å². The van der Waals surface area contributed by atoms with Crippen LogP contribution in [0.2, 0.25) is 0 Å². The molecule has 0 saturated heterocycles. The number of rotatable bonds is 6. The zero-order valence-corrected chi connectivity index (χ0v) is 14.0. The van der Waals surface area contributed by atoms with Crippen LogP contribution in [0.4, 0.5) is 21.7 Å². The standard InChI is InChI=1S/C20H18FN5/c21-16-6-2-4-8-18(16)26-20-11-19(24-13-25-20)22-10-9-14-12-23-17-7-3-1-5-15(14)17/h1-8,11-13,23H,9-10H2,(H2,22,24,25,26). The molecule has 0 amide bonds. The molecule has 4 rings (SSSR count). The fourth-order valence-corrected chi connectivity index (χ4v) is 2.89. The van der Waals surface area contributed by atoms with Gasteiger partial charge in [0.2, 0.25) is 0 Å². The SMILES string of the molecule is Fc1ccccc1Nc1cc(NCCc2c[nH]c3ccccc23)ncn1. The van der Waals surface area contributed by atoms with Crippen molar-refractivity contribution in [2.24, 2.45) is 0 Å². The Labute approximate surface area is 150 Å². The van der Waals surface area contributed by atoms with Crippen molar-refractivity contribution in [3.63, 3.8) is 0 Å². The van der Waals surface area contributed by atoms with Crippen LogP contribution in [0.3, 0.4) is 0 Å². The molecule has 3 N–H and O–H groups in total. The van der Waals surface area contributed by atoms with E-state index in [-0.39, 0.29) is 5.82 Å². The van der Waals surface area contributed by atoms with Gasteiger partial charge in [-0.05, 0) is 30.2 Å². The summed E-state index contributed by atoms with van der Waals surface area (Å²) in [4.78, 5) is 11.6. The quantitative estimate of drug-likeness (QED) is 0.481. The van der Waals surface area contributed by atoms with Crippen molar-refractivity contribution in [3.8, 4) is 0 Å². The minimum atomic E-state index is -0.319. The molecule has 5 nitrogen and oxygen atoms in total. The zero-order chi connectivity index (χ0) is 17.8. The van der Waals surface area contributed by atoms with E-state index >= 15 is 0 Å². The third kappa shape index (κ3) is 3.49. The van der Waals surface area contributed by atoms with E-state index in [0.717, 1.165) is 18.5 Å². The van der Waals surface area contributed by atoms with Gasteiger partial charge in [-0.1, -0.05) is 30.3 Å². The Balaban J connectivity index is 1.40. The molecule has 0 spiro atoms. The summed E-state index contributed by atoms with van der Waals surface area (Å²) in [7, 11) is 0. The lowest BCUT2D eigenvalue weighted by Crippen LogP contribution is -2.07.